The van der Waals surface area contributed by atoms with Crippen molar-refractivity contribution in [2.24, 2.45) is 0 Å². The number of benzene rings is 1. The first kappa shape index (κ1) is 22.6. The molecule has 2 aromatic rings. The van der Waals surface area contributed by atoms with Crippen LogP contribution in [-0.2, 0) is 12.8 Å². The van der Waals surface area contributed by atoms with E-state index in [4.69, 9.17) is 4.98 Å². The summed E-state index contributed by atoms with van der Waals surface area (Å²) in [6.07, 6.45) is 6.75. The zero-order chi connectivity index (χ0) is 20.7. The zero-order valence-corrected chi connectivity index (χ0v) is 18.8. The molecule has 0 radical (unpaired) electrons. The highest BCUT2D eigenvalue weighted by atomic mass is 16.2. The van der Waals surface area contributed by atoms with Gasteiger partial charge in [0.15, 0.2) is 0 Å². The van der Waals surface area contributed by atoms with Crippen molar-refractivity contribution in [1.82, 2.24) is 4.98 Å². The van der Waals surface area contributed by atoms with Gasteiger partial charge in [-0.1, -0.05) is 83.7 Å². The van der Waals surface area contributed by atoms with Crippen LogP contribution in [0.4, 0.5) is 0 Å². The lowest BCUT2D eigenvalue weighted by Gasteiger charge is -2.25. The molecule has 0 atom stereocenters. The summed E-state index contributed by atoms with van der Waals surface area (Å²) in [5.41, 5.74) is 8.94. The van der Waals surface area contributed by atoms with E-state index in [0.29, 0.717) is 18.3 Å². The first-order chi connectivity index (χ1) is 13.4. The number of hydrogen-bond acceptors (Lipinski definition) is 2. The quantitative estimate of drug-likeness (QED) is 0.451. The number of aryl methyl sites for hydroxylation is 1. The number of aliphatic hydroxyl groups is 1. The number of aromatic nitrogens is 1. The van der Waals surface area contributed by atoms with E-state index in [2.05, 4.69) is 65.8 Å². The first-order valence-electron chi connectivity index (χ1n) is 11.1. The number of rotatable bonds is 10. The molecule has 0 unspecified atom stereocenters. The van der Waals surface area contributed by atoms with Gasteiger partial charge in [-0.15, -0.1) is 0 Å². The number of hydrogen-bond donors (Lipinski definition) is 1. The molecule has 1 aromatic carbocycles. The van der Waals surface area contributed by atoms with Crippen LogP contribution < -0.4 is 0 Å². The molecule has 0 fully saturated rings. The van der Waals surface area contributed by atoms with E-state index >= 15 is 0 Å². The van der Waals surface area contributed by atoms with E-state index in [9.17, 15) is 5.11 Å². The van der Waals surface area contributed by atoms with Crippen molar-refractivity contribution >= 4 is 0 Å². The minimum atomic E-state index is 0.163. The van der Waals surface area contributed by atoms with Gasteiger partial charge in [0.05, 0.1) is 0 Å². The molecule has 0 spiro atoms. The van der Waals surface area contributed by atoms with E-state index in [1.807, 2.05) is 0 Å². The summed E-state index contributed by atoms with van der Waals surface area (Å²) in [5.74, 6) is 0.739. The molecule has 0 saturated carbocycles. The Kier molecular flexibility index (Phi) is 8.69. The maximum atomic E-state index is 9.83. The molecule has 1 aromatic heterocycles. The zero-order valence-electron chi connectivity index (χ0n) is 18.8. The van der Waals surface area contributed by atoms with Gasteiger partial charge in [0.25, 0.3) is 0 Å². The molecule has 2 nitrogen and oxygen atoms in total. The van der Waals surface area contributed by atoms with Crippen LogP contribution in [0.2, 0.25) is 0 Å². The van der Waals surface area contributed by atoms with Crippen LogP contribution in [0.1, 0.15) is 100 Å². The van der Waals surface area contributed by atoms with Crippen molar-refractivity contribution < 1.29 is 5.11 Å². The van der Waals surface area contributed by atoms with Crippen LogP contribution >= 0.6 is 0 Å². The fourth-order valence-corrected chi connectivity index (χ4v) is 4.07. The third kappa shape index (κ3) is 5.44. The van der Waals surface area contributed by atoms with Crippen molar-refractivity contribution in [1.29, 1.82) is 0 Å². The molecule has 2 rings (SSSR count). The fourth-order valence-electron chi connectivity index (χ4n) is 4.07. The largest absolute Gasteiger partial charge is 0.396 e. The Morgan fingerprint density at radius 3 is 1.89 bits per heavy atom. The Balaban J connectivity index is 2.72. The van der Waals surface area contributed by atoms with Crippen LogP contribution in [0.25, 0.3) is 11.1 Å². The molecule has 28 heavy (non-hydrogen) atoms. The number of nitrogens with zero attached hydrogens (tertiary/aromatic N) is 1. The van der Waals surface area contributed by atoms with Gasteiger partial charge < -0.3 is 5.11 Å². The van der Waals surface area contributed by atoms with Crippen molar-refractivity contribution in [2.45, 2.75) is 91.9 Å². The lowest BCUT2D eigenvalue weighted by atomic mass is 9.84. The second-order valence-electron chi connectivity index (χ2n) is 8.67. The molecule has 0 aliphatic rings. The van der Waals surface area contributed by atoms with Gasteiger partial charge in [0.1, 0.15) is 0 Å². The predicted octanol–water partition coefficient (Wildman–Crippen LogP) is 6.96. The van der Waals surface area contributed by atoms with Gasteiger partial charge in [0, 0.05) is 18.0 Å². The van der Waals surface area contributed by atoms with Gasteiger partial charge in [-0.05, 0) is 60.3 Å². The average Bonchev–Trinajstić information content (AvgIpc) is 2.66. The number of pyridine rings is 1. The Labute approximate surface area is 172 Å². The van der Waals surface area contributed by atoms with Crippen molar-refractivity contribution in [3.63, 3.8) is 0 Å². The first-order valence-corrected chi connectivity index (χ1v) is 11.1. The Hall–Kier alpha value is -1.67. The van der Waals surface area contributed by atoms with Crippen LogP contribution in [0.3, 0.4) is 0 Å². The molecule has 154 valence electrons. The lowest BCUT2D eigenvalue weighted by molar-refractivity contribution is 0.299. The molecule has 0 saturated heterocycles. The average molecular weight is 382 g/mol. The smallest absolute Gasteiger partial charge is 0.0472 e. The van der Waals surface area contributed by atoms with Crippen molar-refractivity contribution in [2.75, 3.05) is 6.61 Å². The summed E-state index contributed by atoms with van der Waals surface area (Å²) >= 11 is 0. The molecule has 1 heterocycles. The molecule has 0 bridgehead atoms. The van der Waals surface area contributed by atoms with Crippen molar-refractivity contribution in [3.8, 4) is 11.1 Å². The highest BCUT2D eigenvalue weighted by molar-refractivity contribution is 5.73. The maximum absolute atomic E-state index is 9.83. The predicted molar refractivity (Wildman–Crippen MR) is 121 cm³/mol. The van der Waals surface area contributed by atoms with Crippen LogP contribution in [0.15, 0.2) is 24.3 Å². The highest BCUT2D eigenvalue weighted by Gasteiger charge is 2.23. The van der Waals surface area contributed by atoms with Crippen molar-refractivity contribution in [3.05, 3.63) is 52.3 Å². The molecule has 0 amide bonds. The summed E-state index contributed by atoms with van der Waals surface area (Å²) in [7, 11) is 0. The minimum absolute atomic E-state index is 0.163. The van der Waals surface area contributed by atoms with Gasteiger partial charge in [-0.25, -0.2) is 0 Å². The number of aliphatic hydroxyl groups excluding tert-OH is 1. The standard InChI is InChI=1S/C26H39NO/c1-7-8-9-10-11-22-24(21-14-12-20(6)13-15-21)23(16-17-28)26(19(4)5)27-25(22)18(2)3/h12-15,18-19,28H,7-11,16-17H2,1-6H3. The molecular weight excluding hydrogens is 342 g/mol. The lowest BCUT2D eigenvalue weighted by Crippen LogP contribution is -2.13. The van der Waals surface area contributed by atoms with E-state index in [0.717, 1.165) is 12.1 Å². The van der Waals surface area contributed by atoms with Gasteiger partial charge >= 0.3 is 0 Å². The maximum Gasteiger partial charge on any atom is 0.0472 e. The summed E-state index contributed by atoms with van der Waals surface area (Å²) in [4.78, 5) is 5.18. The van der Waals surface area contributed by atoms with Crippen LogP contribution in [0.5, 0.6) is 0 Å². The normalized spacial score (nSPS) is 11.6. The summed E-state index contributed by atoms with van der Waals surface area (Å²) < 4.78 is 0. The second-order valence-corrected chi connectivity index (χ2v) is 8.67. The second kappa shape index (κ2) is 10.8. The van der Waals surface area contributed by atoms with Gasteiger partial charge in [-0.2, -0.15) is 0 Å². The Bertz CT molecular complexity index is 744. The van der Waals surface area contributed by atoms with Crippen LogP contribution in [0, 0.1) is 6.92 Å². The minimum Gasteiger partial charge on any atom is -0.396 e. The Morgan fingerprint density at radius 1 is 0.821 bits per heavy atom. The topological polar surface area (TPSA) is 33.1 Å². The number of unbranched alkanes of at least 4 members (excludes halogenated alkanes) is 3. The summed E-state index contributed by atoms with van der Waals surface area (Å²) in [6.45, 7) is 13.5. The SMILES string of the molecule is CCCCCCc1c(C(C)C)nc(C(C)C)c(CCO)c1-c1ccc(C)cc1. The monoisotopic (exact) mass is 381 g/mol. The molecular formula is C26H39NO. The van der Waals surface area contributed by atoms with E-state index in [1.54, 1.807) is 0 Å². The summed E-state index contributed by atoms with van der Waals surface area (Å²) in [5, 5.41) is 9.83. The van der Waals surface area contributed by atoms with E-state index in [1.165, 1.54) is 59.2 Å². The van der Waals surface area contributed by atoms with Gasteiger partial charge in [-0.3, -0.25) is 4.98 Å². The molecule has 2 heteroatoms. The molecule has 0 aliphatic carbocycles. The molecule has 0 aliphatic heterocycles. The highest BCUT2D eigenvalue weighted by Crippen LogP contribution is 2.37. The van der Waals surface area contributed by atoms with Crippen LogP contribution in [-0.4, -0.2) is 16.7 Å². The Morgan fingerprint density at radius 2 is 1.39 bits per heavy atom. The fraction of sp³-hybridized carbons (Fsp3) is 0.577. The third-order valence-corrected chi connectivity index (χ3v) is 5.54. The molecule has 1 N–H and O–H groups in total. The van der Waals surface area contributed by atoms with E-state index < -0.39 is 0 Å². The summed E-state index contributed by atoms with van der Waals surface area (Å²) in [6, 6.07) is 8.89. The van der Waals surface area contributed by atoms with Gasteiger partial charge in [0.2, 0.25) is 0 Å². The third-order valence-electron chi connectivity index (χ3n) is 5.54. The van der Waals surface area contributed by atoms with E-state index in [-0.39, 0.29) is 6.61 Å².